The third-order valence-corrected chi connectivity index (χ3v) is 4.27. The average molecular weight is 296 g/mol. The summed E-state index contributed by atoms with van der Waals surface area (Å²) in [6, 6.07) is 0. The lowest BCUT2D eigenvalue weighted by Gasteiger charge is -1.97. The Morgan fingerprint density at radius 1 is 1.06 bits per heavy atom. The Kier molecular flexibility index (Phi) is 8.47. The normalized spacial score (nSPS) is 11.8. The van der Waals surface area contributed by atoms with E-state index in [2.05, 4.69) is 0 Å². The molecule has 0 radical (unpaired) electrons. The molecule has 0 heterocycles. The van der Waals surface area contributed by atoms with Crippen LogP contribution >= 0.6 is 11.8 Å². The Morgan fingerprint density at radius 3 is 2.17 bits per heavy atom. The molecule has 0 aliphatic carbocycles. The quantitative estimate of drug-likeness (QED) is 0.585. The highest BCUT2D eigenvalue weighted by molar-refractivity contribution is 8.03. The van der Waals surface area contributed by atoms with Crippen LogP contribution in [0.5, 0.6) is 0 Å². The minimum absolute atomic E-state index is 0.0617. The Hall–Kier alpha value is -1.02. The second-order valence-corrected chi connectivity index (χ2v) is 6.52. The third kappa shape index (κ3) is 11.5. The van der Waals surface area contributed by atoms with Crippen LogP contribution in [0, 0.1) is 0 Å². The molecule has 2 N–H and O–H groups in total. The lowest BCUT2D eigenvalue weighted by Crippen LogP contribution is -2.04. The van der Waals surface area contributed by atoms with Gasteiger partial charge in [-0.2, -0.15) is 0 Å². The first-order valence-corrected chi connectivity index (χ1v) is 8.04. The van der Waals surface area contributed by atoms with Crippen LogP contribution in [0.4, 0.5) is 0 Å². The Balaban J connectivity index is 3.80. The molecule has 18 heavy (non-hydrogen) atoms. The number of thioether (sulfide) groups is 1. The van der Waals surface area contributed by atoms with Crippen molar-refractivity contribution in [2.24, 2.45) is 0 Å². The van der Waals surface area contributed by atoms with E-state index in [9.17, 15) is 18.0 Å². The van der Waals surface area contributed by atoms with Gasteiger partial charge in [0.2, 0.25) is 0 Å². The number of aliphatic carboxylic acids is 2. The van der Waals surface area contributed by atoms with Gasteiger partial charge >= 0.3 is 11.9 Å². The molecule has 6 nitrogen and oxygen atoms in total. The van der Waals surface area contributed by atoms with E-state index in [4.69, 9.17) is 10.2 Å². The molecule has 0 spiro atoms. The fraction of sp³-hybridized carbons (Fsp3) is 0.600. The molecule has 0 aliphatic rings. The number of rotatable bonds is 10. The van der Waals surface area contributed by atoms with Crippen molar-refractivity contribution in [1.29, 1.82) is 0 Å². The van der Waals surface area contributed by atoms with Crippen molar-refractivity contribution in [1.82, 2.24) is 0 Å². The number of hydrogen-bond acceptors (Lipinski definition) is 5. The number of sulfone groups is 1. The highest BCUT2D eigenvalue weighted by Gasteiger charge is 2.07. The summed E-state index contributed by atoms with van der Waals surface area (Å²) in [7, 11) is -3.36. The highest BCUT2D eigenvalue weighted by atomic mass is 32.2. The molecule has 0 rings (SSSR count). The molecule has 104 valence electrons. The molecule has 8 heteroatoms. The average Bonchev–Trinajstić information content (AvgIpc) is 2.21. The van der Waals surface area contributed by atoms with Gasteiger partial charge < -0.3 is 10.2 Å². The molecule has 0 unspecified atom stereocenters. The van der Waals surface area contributed by atoms with Crippen LogP contribution in [0.15, 0.2) is 10.8 Å². The molecule has 0 aromatic rings. The van der Waals surface area contributed by atoms with Crippen molar-refractivity contribution in [3.8, 4) is 0 Å². The van der Waals surface area contributed by atoms with Gasteiger partial charge in [-0.25, -0.2) is 8.42 Å². The summed E-state index contributed by atoms with van der Waals surface area (Å²) < 4.78 is 22.7. The number of carbonyl (C=O) groups is 2. The van der Waals surface area contributed by atoms with Gasteiger partial charge in [0.1, 0.15) is 0 Å². The fourth-order valence-electron chi connectivity index (χ4n) is 0.991. The molecule has 0 bridgehead atoms. The predicted octanol–water partition coefficient (Wildman–Crippen LogP) is 1.34. The van der Waals surface area contributed by atoms with Gasteiger partial charge in [0.05, 0.1) is 5.75 Å². The van der Waals surface area contributed by atoms with Crippen LogP contribution in [0.2, 0.25) is 0 Å². The SMILES string of the molecule is O=C(O)CCCS/C=C/S(=O)(=O)CCCC(=O)O. The monoisotopic (exact) mass is 296 g/mol. The lowest BCUT2D eigenvalue weighted by molar-refractivity contribution is -0.138. The highest BCUT2D eigenvalue weighted by Crippen LogP contribution is 2.09. The van der Waals surface area contributed by atoms with Crippen molar-refractivity contribution in [2.45, 2.75) is 25.7 Å². The van der Waals surface area contributed by atoms with Crippen LogP contribution in [-0.2, 0) is 19.4 Å². The van der Waals surface area contributed by atoms with Gasteiger partial charge in [0.25, 0.3) is 0 Å². The van der Waals surface area contributed by atoms with E-state index in [0.717, 1.165) is 5.41 Å². The van der Waals surface area contributed by atoms with Crippen LogP contribution < -0.4 is 0 Å². The van der Waals surface area contributed by atoms with E-state index in [1.54, 1.807) is 0 Å². The van der Waals surface area contributed by atoms with Gasteiger partial charge in [-0.05, 0) is 24.0 Å². The summed E-state index contributed by atoms with van der Waals surface area (Å²) in [4.78, 5) is 20.4. The van der Waals surface area contributed by atoms with Gasteiger partial charge in [-0.1, -0.05) is 0 Å². The van der Waals surface area contributed by atoms with Crippen molar-refractivity contribution >= 4 is 33.5 Å². The maximum absolute atomic E-state index is 11.4. The zero-order valence-electron chi connectivity index (χ0n) is 9.74. The topological polar surface area (TPSA) is 109 Å². The fourth-order valence-corrected chi connectivity index (χ4v) is 3.11. The van der Waals surface area contributed by atoms with Crippen molar-refractivity contribution in [3.05, 3.63) is 10.8 Å². The van der Waals surface area contributed by atoms with Crippen LogP contribution in [0.1, 0.15) is 25.7 Å². The predicted molar refractivity (Wildman–Crippen MR) is 69.1 cm³/mol. The first-order valence-electron chi connectivity index (χ1n) is 5.28. The van der Waals surface area contributed by atoms with E-state index in [0.29, 0.717) is 12.2 Å². The summed E-state index contributed by atoms with van der Waals surface area (Å²) in [5.74, 6) is -1.54. The largest absolute Gasteiger partial charge is 0.481 e. The van der Waals surface area contributed by atoms with E-state index in [1.165, 1.54) is 17.2 Å². The summed E-state index contributed by atoms with van der Waals surface area (Å²) in [5.41, 5.74) is 0. The van der Waals surface area contributed by atoms with E-state index in [1.807, 2.05) is 0 Å². The van der Waals surface area contributed by atoms with Gasteiger partial charge in [-0.15, -0.1) is 11.8 Å². The first-order chi connectivity index (χ1) is 8.33. The van der Waals surface area contributed by atoms with E-state index < -0.39 is 21.8 Å². The van der Waals surface area contributed by atoms with E-state index >= 15 is 0 Å². The summed E-state index contributed by atoms with van der Waals surface area (Å²) in [6.07, 6.45) is 0.458. The number of carboxylic acids is 2. The van der Waals surface area contributed by atoms with Crippen molar-refractivity contribution in [2.75, 3.05) is 11.5 Å². The van der Waals surface area contributed by atoms with E-state index in [-0.39, 0.29) is 25.0 Å². The molecule has 0 aliphatic heterocycles. The standard InChI is InChI=1S/C10H16O6S2/c11-9(12)3-1-5-17-6-8-18(15,16)7-2-4-10(13)14/h6,8H,1-5,7H2,(H,11,12)(H,13,14)/b8-6+. The molecule has 0 saturated heterocycles. The molecule has 0 aromatic heterocycles. The lowest BCUT2D eigenvalue weighted by atomic mass is 10.3. The minimum atomic E-state index is -3.36. The molecule has 0 atom stereocenters. The number of hydrogen-bond donors (Lipinski definition) is 2. The van der Waals surface area contributed by atoms with Gasteiger partial charge in [0.15, 0.2) is 9.84 Å². The summed E-state index contributed by atoms with van der Waals surface area (Å²) in [6.45, 7) is 0. The molecule has 0 aromatic carbocycles. The number of carboxylic acid groups (broad SMARTS) is 2. The molecule has 0 amide bonds. The molecule has 0 saturated carbocycles. The van der Waals surface area contributed by atoms with Crippen molar-refractivity contribution < 1.29 is 28.2 Å². The van der Waals surface area contributed by atoms with Gasteiger partial charge in [-0.3, -0.25) is 9.59 Å². The second kappa shape index (κ2) is 8.98. The Bertz CT molecular complexity index is 399. The Morgan fingerprint density at radius 2 is 1.61 bits per heavy atom. The van der Waals surface area contributed by atoms with Crippen molar-refractivity contribution in [3.63, 3.8) is 0 Å². The zero-order valence-corrected chi connectivity index (χ0v) is 11.4. The molecule has 0 fully saturated rings. The van der Waals surface area contributed by atoms with Crippen LogP contribution in [0.3, 0.4) is 0 Å². The minimum Gasteiger partial charge on any atom is -0.481 e. The smallest absolute Gasteiger partial charge is 0.303 e. The molecular weight excluding hydrogens is 280 g/mol. The molecular formula is C10H16O6S2. The first kappa shape index (κ1) is 17.0. The maximum Gasteiger partial charge on any atom is 0.303 e. The zero-order chi connectivity index (χ0) is 14.0. The Labute approximate surface area is 110 Å². The van der Waals surface area contributed by atoms with Gasteiger partial charge in [0, 0.05) is 18.2 Å². The summed E-state index contributed by atoms with van der Waals surface area (Å²) in [5, 5.41) is 19.2. The maximum atomic E-state index is 11.4. The second-order valence-electron chi connectivity index (χ2n) is 3.50. The summed E-state index contributed by atoms with van der Waals surface area (Å²) >= 11 is 1.22. The van der Waals surface area contributed by atoms with Crippen LogP contribution in [-0.4, -0.2) is 42.1 Å². The van der Waals surface area contributed by atoms with Crippen LogP contribution in [0.25, 0.3) is 0 Å². The third-order valence-electron chi connectivity index (χ3n) is 1.83.